The molecule has 0 bridgehead atoms. The highest BCUT2D eigenvalue weighted by molar-refractivity contribution is 5.71. The van der Waals surface area contributed by atoms with Crippen molar-refractivity contribution in [3.63, 3.8) is 0 Å². The minimum absolute atomic E-state index is 0.0754. The highest BCUT2D eigenvalue weighted by atomic mass is 16.6. The van der Waals surface area contributed by atoms with Crippen LogP contribution in [0.1, 0.15) is 335 Å². The number of unbranched alkanes of at least 4 members (excludes halogenated alkanes) is 37. The molecule has 0 saturated heterocycles. The summed E-state index contributed by atoms with van der Waals surface area (Å²) >= 11 is 0. The third kappa shape index (κ3) is 61.7. The lowest BCUT2D eigenvalue weighted by Crippen LogP contribution is -2.30. The molecule has 0 N–H and O–H groups in total. The van der Waals surface area contributed by atoms with E-state index in [9.17, 15) is 14.4 Å². The second kappa shape index (κ2) is 64.4. The Balaban J connectivity index is 4.31. The molecule has 0 rings (SSSR count). The summed E-state index contributed by atoms with van der Waals surface area (Å²) in [5.41, 5.74) is 0. The second-order valence-electron chi connectivity index (χ2n) is 22.0. The summed E-state index contributed by atoms with van der Waals surface area (Å²) in [5, 5.41) is 0. The molecule has 6 nitrogen and oxygen atoms in total. The molecule has 0 aliphatic heterocycles. The summed E-state index contributed by atoms with van der Waals surface area (Å²) < 4.78 is 16.9. The monoisotopic (exact) mass is 1060 g/mol. The maximum atomic E-state index is 12.9. The van der Waals surface area contributed by atoms with Crippen molar-refractivity contribution in [1.29, 1.82) is 0 Å². The number of ether oxygens (including phenoxy) is 3. The third-order valence-corrected chi connectivity index (χ3v) is 14.5. The van der Waals surface area contributed by atoms with Gasteiger partial charge in [0, 0.05) is 19.3 Å². The van der Waals surface area contributed by atoms with E-state index >= 15 is 0 Å². The fraction of sp³-hybridized carbons (Fsp3) is 0.786. The number of hydrogen-bond donors (Lipinski definition) is 0. The topological polar surface area (TPSA) is 78.9 Å². The zero-order valence-corrected chi connectivity index (χ0v) is 50.5. The first kappa shape index (κ1) is 72.8. The normalized spacial score (nSPS) is 12.5. The number of carbonyl (C=O) groups excluding carboxylic acids is 3. The van der Waals surface area contributed by atoms with Crippen molar-refractivity contribution >= 4 is 17.9 Å². The van der Waals surface area contributed by atoms with Crippen LogP contribution in [0.2, 0.25) is 0 Å². The van der Waals surface area contributed by atoms with Crippen molar-refractivity contribution in [2.24, 2.45) is 0 Å². The molecule has 0 aliphatic carbocycles. The molecule has 0 heterocycles. The van der Waals surface area contributed by atoms with Gasteiger partial charge in [0.05, 0.1) is 0 Å². The summed E-state index contributed by atoms with van der Waals surface area (Å²) in [6.07, 6.45) is 83.4. The lowest BCUT2D eigenvalue weighted by Gasteiger charge is -2.18. The third-order valence-electron chi connectivity index (χ3n) is 14.5. The van der Waals surface area contributed by atoms with Crippen molar-refractivity contribution in [3.05, 3.63) is 72.9 Å². The van der Waals surface area contributed by atoms with Crippen LogP contribution in [0.4, 0.5) is 0 Å². The van der Waals surface area contributed by atoms with Gasteiger partial charge in [-0.05, 0) is 70.6 Å². The van der Waals surface area contributed by atoms with Crippen LogP contribution in [-0.4, -0.2) is 37.2 Å². The van der Waals surface area contributed by atoms with E-state index in [1.165, 1.54) is 193 Å². The van der Waals surface area contributed by atoms with E-state index in [0.717, 1.165) is 103 Å². The molecule has 0 fully saturated rings. The van der Waals surface area contributed by atoms with Gasteiger partial charge in [-0.15, -0.1) is 0 Å². The molecule has 6 heteroatoms. The maximum absolute atomic E-state index is 12.9. The number of hydrogen-bond acceptors (Lipinski definition) is 6. The van der Waals surface area contributed by atoms with Gasteiger partial charge in [-0.25, -0.2) is 0 Å². The fourth-order valence-corrected chi connectivity index (χ4v) is 9.57. The second-order valence-corrected chi connectivity index (χ2v) is 22.0. The Bertz CT molecular complexity index is 1400. The van der Waals surface area contributed by atoms with Gasteiger partial charge in [0.25, 0.3) is 0 Å². The SMILES string of the molecule is CC/C=C\C/C=C\C/C=C\C/C=C\C/C=C\C/C=C\CCCCCCCCC(=O)OCC(COC(=O)CCCCCCCCCCCCCC)OC(=O)CCCCCCCCCCCCCCCCCCCCCCC. The van der Waals surface area contributed by atoms with E-state index < -0.39 is 6.10 Å². The van der Waals surface area contributed by atoms with Crippen LogP contribution in [0, 0.1) is 0 Å². The minimum Gasteiger partial charge on any atom is -0.462 e. The van der Waals surface area contributed by atoms with Gasteiger partial charge >= 0.3 is 17.9 Å². The van der Waals surface area contributed by atoms with Gasteiger partial charge < -0.3 is 14.2 Å². The van der Waals surface area contributed by atoms with Crippen molar-refractivity contribution in [3.8, 4) is 0 Å². The highest BCUT2D eigenvalue weighted by Gasteiger charge is 2.19. The number of esters is 3. The first-order valence-corrected chi connectivity index (χ1v) is 32.9. The van der Waals surface area contributed by atoms with E-state index in [0.29, 0.717) is 19.3 Å². The van der Waals surface area contributed by atoms with Gasteiger partial charge in [0.15, 0.2) is 6.10 Å². The van der Waals surface area contributed by atoms with E-state index in [1.807, 2.05) is 0 Å². The predicted molar refractivity (Wildman–Crippen MR) is 330 cm³/mol. The Morgan fingerprint density at radius 3 is 0.803 bits per heavy atom. The Labute approximate surface area is 472 Å². The van der Waals surface area contributed by atoms with Crippen LogP contribution in [0.3, 0.4) is 0 Å². The van der Waals surface area contributed by atoms with Crippen LogP contribution in [0.5, 0.6) is 0 Å². The average molecular weight is 1060 g/mol. The lowest BCUT2D eigenvalue weighted by atomic mass is 10.0. The summed E-state index contributed by atoms with van der Waals surface area (Å²) in [5.74, 6) is -0.872. The molecule has 1 atom stereocenters. The van der Waals surface area contributed by atoms with Crippen molar-refractivity contribution in [2.75, 3.05) is 13.2 Å². The smallest absolute Gasteiger partial charge is 0.306 e. The number of carbonyl (C=O) groups is 3. The fourth-order valence-electron chi connectivity index (χ4n) is 9.57. The largest absolute Gasteiger partial charge is 0.462 e. The Kier molecular flexibility index (Phi) is 61.7. The van der Waals surface area contributed by atoms with Gasteiger partial charge in [0.1, 0.15) is 13.2 Å². The zero-order chi connectivity index (χ0) is 55.0. The quantitative estimate of drug-likeness (QED) is 0.0261. The van der Waals surface area contributed by atoms with Crippen molar-refractivity contribution in [2.45, 2.75) is 341 Å². The first-order chi connectivity index (χ1) is 37.5. The van der Waals surface area contributed by atoms with E-state index in [-0.39, 0.29) is 31.1 Å². The molecule has 0 spiro atoms. The van der Waals surface area contributed by atoms with E-state index in [4.69, 9.17) is 14.2 Å². The Morgan fingerprint density at radius 1 is 0.276 bits per heavy atom. The zero-order valence-electron chi connectivity index (χ0n) is 50.5. The average Bonchev–Trinajstić information content (AvgIpc) is 3.42. The summed E-state index contributed by atoms with van der Waals surface area (Å²) in [6.45, 7) is 6.56. The van der Waals surface area contributed by atoms with Gasteiger partial charge in [-0.2, -0.15) is 0 Å². The molecule has 0 aromatic rings. The van der Waals surface area contributed by atoms with Crippen LogP contribution in [0.15, 0.2) is 72.9 Å². The van der Waals surface area contributed by atoms with Gasteiger partial charge in [-0.1, -0.05) is 318 Å². The predicted octanol–water partition coefficient (Wildman–Crippen LogP) is 22.5. The molecule has 0 radical (unpaired) electrons. The molecule has 0 saturated carbocycles. The molecule has 0 aromatic heterocycles. The molecule has 0 amide bonds. The van der Waals surface area contributed by atoms with Crippen LogP contribution in [0.25, 0.3) is 0 Å². The van der Waals surface area contributed by atoms with Crippen LogP contribution in [-0.2, 0) is 28.6 Å². The summed E-state index contributed by atoms with van der Waals surface area (Å²) in [7, 11) is 0. The van der Waals surface area contributed by atoms with Gasteiger partial charge in [0.2, 0.25) is 0 Å². The standard InChI is InChI=1S/C70H124O6/c1-4-7-10-13-16-19-22-25-27-29-31-33-34-35-36-38-39-41-43-45-48-51-54-57-60-63-69(72)75-66-67(65-74-68(71)62-59-56-53-50-47-24-21-18-15-12-9-6-3)76-70(73)64-61-58-55-52-49-46-44-42-40-37-32-30-28-26-23-20-17-14-11-8-5-2/h7,10,16,19,25,27,31,33,35-36,39,41,67H,4-6,8-9,11-15,17-18,20-24,26,28-30,32,34,37-38,40,42-66H2,1-3H3/b10-7-,19-16-,27-25-,33-31-,36-35-,41-39-. The maximum Gasteiger partial charge on any atom is 0.306 e. The molecule has 1 unspecified atom stereocenters. The summed E-state index contributed by atoms with van der Waals surface area (Å²) in [6, 6.07) is 0. The van der Waals surface area contributed by atoms with Crippen molar-refractivity contribution in [1.82, 2.24) is 0 Å². The Morgan fingerprint density at radius 2 is 0.513 bits per heavy atom. The van der Waals surface area contributed by atoms with E-state index in [2.05, 4.69) is 93.7 Å². The first-order valence-electron chi connectivity index (χ1n) is 32.9. The van der Waals surface area contributed by atoms with E-state index in [1.54, 1.807) is 0 Å². The molecule has 440 valence electrons. The van der Waals surface area contributed by atoms with Crippen molar-refractivity contribution < 1.29 is 28.6 Å². The molecule has 0 aromatic carbocycles. The number of allylic oxidation sites excluding steroid dienone is 12. The number of rotatable bonds is 60. The molecule has 0 aliphatic rings. The molecule has 76 heavy (non-hydrogen) atoms. The highest BCUT2D eigenvalue weighted by Crippen LogP contribution is 2.17. The minimum atomic E-state index is -0.779. The molecular formula is C70H124O6. The van der Waals surface area contributed by atoms with Crippen LogP contribution >= 0.6 is 0 Å². The Hall–Kier alpha value is -3.15. The lowest BCUT2D eigenvalue weighted by molar-refractivity contribution is -0.167. The summed E-state index contributed by atoms with van der Waals surface area (Å²) in [4.78, 5) is 38.3. The molecular weight excluding hydrogens is 937 g/mol. The van der Waals surface area contributed by atoms with Crippen LogP contribution < -0.4 is 0 Å². The van der Waals surface area contributed by atoms with Gasteiger partial charge in [-0.3, -0.25) is 14.4 Å².